The number of H-pyrrole nitrogens is 1. The summed E-state index contributed by atoms with van der Waals surface area (Å²) in [6.45, 7) is 3.44. The third-order valence-electron chi connectivity index (χ3n) is 3.56. The average molecular weight is 391 g/mol. The Hall–Kier alpha value is -2.02. The highest BCUT2D eigenvalue weighted by Crippen LogP contribution is 2.33. The highest BCUT2D eigenvalue weighted by atomic mass is 32.2. The van der Waals surface area contributed by atoms with Gasteiger partial charge >= 0.3 is 5.69 Å². The van der Waals surface area contributed by atoms with Gasteiger partial charge in [-0.15, -0.1) is 0 Å². The van der Waals surface area contributed by atoms with Crippen molar-refractivity contribution < 1.29 is 27.4 Å². The molecule has 2 heterocycles. The predicted octanol–water partition coefficient (Wildman–Crippen LogP) is -1.68. The maximum absolute atomic E-state index is 12.3. The Morgan fingerprint density at radius 2 is 2.00 bits per heavy atom. The highest BCUT2D eigenvalue weighted by molar-refractivity contribution is 7.89. The molecule has 4 atom stereocenters. The quantitative estimate of drug-likeness (QED) is 0.585. The standard InChI is InChI=1S/C14H21N3O8S/c1-7(2)24-9-10(12(19)16-26(4,21)22)25-13(11(9)23-3)17-6-5-8(18)15-14(17)20/h5-7,9-11,13H,1-4H3,(H,16,19)(H,15,18,20)/t9-,10+,11-,13-/m1/s1. The molecule has 1 aromatic rings. The molecule has 1 amide bonds. The van der Waals surface area contributed by atoms with E-state index in [0.29, 0.717) is 0 Å². The maximum Gasteiger partial charge on any atom is 0.330 e. The van der Waals surface area contributed by atoms with Crippen molar-refractivity contribution in [2.45, 2.75) is 44.5 Å². The van der Waals surface area contributed by atoms with Crippen molar-refractivity contribution in [1.82, 2.24) is 14.3 Å². The summed E-state index contributed by atoms with van der Waals surface area (Å²) in [5.41, 5.74) is -1.36. The van der Waals surface area contributed by atoms with Gasteiger partial charge in [-0.1, -0.05) is 0 Å². The number of nitrogens with one attached hydrogen (secondary N) is 2. The number of aromatic nitrogens is 2. The Bertz CT molecular complexity index is 875. The smallest absolute Gasteiger partial charge is 0.330 e. The molecule has 11 nitrogen and oxygen atoms in total. The van der Waals surface area contributed by atoms with E-state index in [9.17, 15) is 22.8 Å². The van der Waals surface area contributed by atoms with E-state index in [1.807, 2.05) is 4.72 Å². The average Bonchev–Trinajstić information content (AvgIpc) is 2.83. The lowest BCUT2D eigenvalue weighted by Crippen LogP contribution is -2.47. The van der Waals surface area contributed by atoms with Gasteiger partial charge < -0.3 is 14.2 Å². The number of amides is 1. The number of sulfonamides is 1. The van der Waals surface area contributed by atoms with E-state index in [1.165, 1.54) is 13.3 Å². The number of aromatic amines is 1. The minimum absolute atomic E-state index is 0.333. The van der Waals surface area contributed by atoms with Crippen LogP contribution in [0.5, 0.6) is 0 Å². The summed E-state index contributed by atoms with van der Waals surface area (Å²) < 4.78 is 42.3. The largest absolute Gasteiger partial charge is 0.374 e. The van der Waals surface area contributed by atoms with Crippen molar-refractivity contribution >= 4 is 15.9 Å². The Morgan fingerprint density at radius 3 is 2.50 bits per heavy atom. The second-order valence-electron chi connectivity index (χ2n) is 6.05. The molecule has 1 aromatic heterocycles. The number of ether oxygens (including phenoxy) is 3. The van der Waals surface area contributed by atoms with Gasteiger partial charge in [-0.25, -0.2) is 13.2 Å². The molecule has 0 aromatic carbocycles. The Kier molecular flexibility index (Phi) is 6.01. The minimum Gasteiger partial charge on any atom is -0.374 e. The molecule has 1 fully saturated rings. The summed E-state index contributed by atoms with van der Waals surface area (Å²) in [4.78, 5) is 37.7. The fraction of sp³-hybridized carbons (Fsp3) is 0.643. The number of hydrogen-bond acceptors (Lipinski definition) is 8. The van der Waals surface area contributed by atoms with Crippen LogP contribution in [0.25, 0.3) is 0 Å². The zero-order valence-electron chi connectivity index (χ0n) is 14.7. The van der Waals surface area contributed by atoms with Gasteiger partial charge in [0.1, 0.15) is 12.2 Å². The van der Waals surface area contributed by atoms with Crippen molar-refractivity contribution in [2.24, 2.45) is 0 Å². The zero-order chi connectivity index (χ0) is 19.6. The van der Waals surface area contributed by atoms with Crippen molar-refractivity contribution in [1.29, 1.82) is 0 Å². The van der Waals surface area contributed by atoms with E-state index in [2.05, 4.69) is 4.98 Å². The first-order valence-corrected chi connectivity index (χ1v) is 9.59. The fourth-order valence-electron chi connectivity index (χ4n) is 2.66. The first kappa shape index (κ1) is 20.3. The molecule has 1 aliphatic rings. The summed E-state index contributed by atoms with van der Waals surface area (Å²) in [5.74, 6) is -0.944. The summed E-state index contributed by atoms with van der Waals surface area (Å²) >= 11 is 0. The van der Waals surface area contributed by atoms with Gasteiger partial charge in [-0.05, 0) is 13.8 Å². The molecule has 0 saturated carbocycles. The number of hydrogen-bond donors (Lipinski definition) is 2. The second-order valence-corrected chi connectivity index (χ2v) is 7.80. The van der Waals surface area contributed by atoms with Crippen LogP contribution in [0.15, 0.2) is 21.9 Å². The summed E-state index contributed by atoms with van der Waals surface area (Å²) in [7, 11) is -2.49. The van der Waals surface area contributed by atoms with Gasteiger partial charge in [0.15, 0.2) is 12.3 Å². The first-order valence-electron chi connectivity index (χ1n) is 7.70. The van der Waals surface area contributed by atoms with E-state index >= 15 is 0 Å². The van der Waals surface area contributed by atoms with Gasteiger partial charge in [0, 0.05) is 19.4 Å². The molecule has 1 saturated heterocycles. The lowest BCUT2D eigenvalue weighted by atomic mass is 10.1. The van der Waals surface area contributed by atoms with E-state index in [0.717, 1.165) is 16.9 Å². The van der Waals surface area contributed by atoms with E-state index < -0.39 is 51.7 Å². The number of rotatable bonds is 6. The molecule has 12 heteroatoms. The monoisotopic (exact) mass is 391 g/mol. The third kappa shape index (κ3) is 4.58. The van der Waals surface area contributed by atoms with Crippen LogP contribution >= 0.6 is 0 Å². The molecule has 0 spiro atoms. The minimum atomic E-state index is -3.82. The Morgan fingerprint density at radius 1 is 1.35 bits per heavy atom. The van der Waals surface area contributed by atoms with Crippen molar-refractivity contribution in [3.8, 4) is 0 Å². The highest BCUT2D eigenvalue weighted by Gasteiger charge is 2.51. The number of carbonyl (C=O) groups excluding carboxylic acids is 1. The Labute approximate surface area is 149 Å². The lowest BCUT2D eigenvalue weighted by Gasteiger charge is -2.25. The number of nitrogens with zero attached hydrogens (tertiary/aromatic N) is 1. The van der Waals surface area contributed by atoms with Crippen LogP contribution < -0.4 is 16.0 Å². The van der Waals surface area contributed by atoms with Gasteiger partial charge in [0.05, 0.1) is 12.4 Å². The fourth-order valence-corrected chi connectivity index (χ4v) is 3.14. The van der Waals surface area contributed by atoms with Crippen LogP contribution in [0.2, 0.25) is 0 Å². The van der Waals surface area contributed by atoms with Crippen LogP contribution in [0.1, 0.15) is 20.1 Å². The Balaban J connectivity index is 2.43. The van der Waals surface area contributed by atoms with Gasteiger partial charge in [-0.2, -0.15) is 0 Å². The van der Waals surface area contributed by atoms with Crippen LogP contribution in [0.4, 0.5) is 0 Å². The van der Waals surface area contributed by atoms with Gasteiger partial charge in [0.25, 0.3) is 11.5 Å². The number of methoxy groups -OCH3 is 1. The van der Waals surface area contributed by atoms with Gasteiger partial charge in [-0.3, -0.25) is 23.9 Å². The summed E-state index contributed by atoms with van der Waals surface area (Å²) in [6.07, 6.45) is -2.65. The van der Waals surface area contributed by atoms with Crippen LogP contribution in [-0.4, -0.2) is 61.7 Å². The molecule has 0 unspecified atom stereocenters. The topological polar surface area (TPSA) is 146 Å². The predicted molar refractivity (Wildman–Crippen MR) is 89.0 cm³/mol. The maximum atomic E-state index is 12.3. The molecule has 2 N–H and O–H groups in total. The van der Waals surface area contributed by atoms with Crippen LogP contribution in [0.3, 0.4) is 0 Å². The van der Waals surface area contributed by atoms with E-state index in [4.69, 9.17) is 14.2 Å². The molecule has 26 heavy (non-hydrogen) atoms. The van der Waals surface area contributed by atoms with Crippen molar-refractivity contribution in [3.63, 3.8) is 0 Å². The normalized spacial score (nSPS) is 26.2. The zero-order valence-corrected chi connectivity index (χ0v) is 15.5. The van der Waals surface area contributed by atoms with Gasteiger partial charge in [0.2, 0.25) is 10.0 Å². The third-order valence-corrected chi connectivity index (χ3v) is 4.13. The molecule has 1 aliphatic heterocycles. The molecule has 0 aliphatic carbocycles. The number of carbonyl (C=O) groups is 1. The summed E-state index contributed by atoms with van der Waals surface area (Å²) in [6, 6.07) is 1.11. The molecule has 146 valence electrons. The molecule has 0 bridgehead atoms. The molecule has 2 rings (SSSR count). The van der Waals surface area contributed by atoms with Crippen LogP contribution in [-0.2, 0) is 29.0 Å². The SMILES string of the molecule is CO[C@@H]1[C@H](OC(C)C)[C@@H](C(=O)NS(C)(=O)=O)O[C@H]1n1ccc(=O)[nH]c1=O. The van der Waals surface area contributed by atoms with E-state index in [1.54, 1.807) is 13.8 Å². The molecular formula is C14H21N3O8S. The summed E-state index contributed by atoms with van der Waals surface area (Å²) in [5, 5.41) is 0. The van der Waals surface area contributed by atoms with Crippen molar-refractivity contribution in [3.05, 3.63) is 33.1 Å². The molecular weight excluding hydrogens is 370 g/mol. The molecule has 0 radical (unpaired) electrons. The first-order chi connectivity index (χ1) is 12.0. The van der Waals surface area contributed by atoms with E-state index in [-0.39, 0.29) is 6.10 Å². The second kappa shape index (κ2) is 7.70. The van der Waals surface area contributed by atoms with Crippen LogP contribution in [0, 0.1) is 0 Å². The lowest BCUT2D eigenvalue weighted by molar-refractivity contribution is -0.139. The van der Waals surface area contributed by atoms with Crippen molar-refractivity contribution in [2.75, 3.05) is 13.4 Å².